The average molecular weight is 364 g/mol. The topological polar surface area (TPSA) is 61.0 Å². The summed E-state index contributed by atoms with van der Waals surface area (Å²) < 4.78 is 12.9. The van der Waals surface area contributed by atoms with E-state index in [9.17, 15) is 9.18 Å². The summed E-state index contributed by atoms with van der Waals surface area (Å²) in [6, 6.07) is 10.3. The second kappa shape index (κ2) is 7.61. The molecular weight excluding hydrogens is 343 g/mol. The number of aromatic nitrogens is 2. The number of H-pyrrole nitrogens is 1. The monoisotopic (exact) mass is 364 g/mol. The summed E-state index contributed by atoms with van der Waals surface area (Å²) in [7, 11) is 0. The first-order valence-electron chi connectivity index (χ1n) is 9.09. The number of amides is 2. The van der Waals surface area contributed by atoms with Crippen LogP contribution in [0, 0.1) is 5.82 Å². The van der Waals surface area contributed by atoms with E-state index in [2.05, 4.69) is 27.4 Å². The molecule has 4 rings (SSSR count). The lowest BCUT2D eigenvalue weighted by molar-refractivity contribution is 0.203. The number of nitrogens with one attached hydrogen (secondary N) is 2. The van der Waals surface area contributed by atoms with Gasteiger partial charge >= 0.3 is 6.03 Å². The van der Waals surface area contributed by atoms with Crippen molar-refractivity contribution in [1.82, 2.24) is 20.2 Å². The largest absolute Gasteiger partial charge is 0.346 e. The number of fused-ring (bicyclic) bond motifs is 1. The minimum atomic E-state index is -0.246. The van der Waals surface area contributed by atoms with E-state index >= 15 is 0 Å². The molecule has 2 amide bonds. The van der Waals surface area contributed by atoms with Crippen LogP contribution in [-0.2, 0) is 6.42 Å². The SMILES string of the molecule is O=C(NCCc1ccc(F)cc1)N1CC=C(c2c[nH]c3ncccc23)CC1. The number of hydrogen-bond acceptors (Lipinski definition) is 2. The third-order valence-corrected chi connectivity index (χ3v) is 4.90. The molecule has 0 spiro atoms. The summed E-state index contributed by atoms with van der Waals surface area (Å²) in [6.07, 6.45) is 7.37. The van der Waals surface area contributed by atoms with Gasteiger partial charge in [0.1, 0.15) is 11.5 Å². The molecule has 6 heteroatoms. The highest BCUT2D eigenvalue weighted by Gasteiger charge is 2.19. The van der Waals surface area contributed by atoms with Crippen molar-refractivity contribution in [2.75, 3.05) is 19.6 Å². The van der Waals surface area contributed by atoms with Crippen molar-refractivity contribution in [3.8, 4) is 0 Å². The third-order valence-electron chi connectivity index (χ3n) is 4.90. The first kappa shape index (κ1) is 17.3. The fourth-order valence-electron chi connectivity index (χ4n) is 3.40. The Morgan fingerprint density at radius 3 is 2.89 bits per heavy atom. The minimum absolute atomic E-state index is 0.0620. The van der Waals surface area contributed by atoms with Gasteiger partial charge in [0.25, 0.3) is 0 Å². The van der Waals surface area contributed by atoms with Gasteiger partial charge < -0.3 is 15.2 Å². The molecule has 138 valence electrons. The number of benzene rings is 1. The highest BCUT2D eigenvalue weighted by molar-refractivity contribution is 5.91. The highest BCUT2D eigenvalue weighted by Crippen LogP contribution is 2.28. The Kier molecular flexibility index (Phi) is 4.87. The Labute approximate surface area is 156 Å². The second-order valence-electron chi connectivity index (χ2n) is 6.64. The number of urea groups is 1. The van der Waals surface area contributed by atoms with Crippen LogP contribution in [0.15, 0.2) is 54.9 Å². The standard InChI is InChI=1S/C21H21FN4O/c22-17-5-3-15(4-6-17)7-11-24-21(27)26-12-8-16(9-13-26)19-14-25-20-18(19)2-1-10-23-20/h1-6,8,10,14H,7,9,11-13H2,(H,23,25)(H,24,27). The fourth-order valence-corrected chi connectivity index (χ4v) is 3.40. The molecule has 0 unspecified atom stereocenters. The van der Waals surface area contributed by atoms with E-state index in [0.29, 0.717) is 26.1 Å². The molecule has 1 aliphatic rings. The predicted molar refractivity (Wildman–Crippen MR) is 104 cm³/mol. The van der Waals surface area contributed by atoms with Crippen molar-refractivity contribution in [2.24, 2.45) is 0 Å². The van der Waals surface area contributed by atoms with Crippen molar-refractivity contribution in [3.05, 3.63) is 71.8 Å². The first-order chi connectivity index (χ1) is 13.2. The Bertz CT molecular complexity index is 977. The summed E-state index contributed by atoms with van der Waals surface area (Å²) in [6.45, 7) is 1.80. The quantitative estimate of drug-likeness (QED) is 0.741. The predicted octanol–water partition coefficient (Wildman–Crippen LogP) is 3.74. The van der Waals surface area contributed by atoms with Gasteiger partial charge in [-0.2, -0.15) is 0 Å². The molecule has 2 aromatic heterocycles. The van der Waals surface area contributed by atoms with E-state index < -0.39 is 0 Å². The van der Waals surface area contributed by atoms with Gasteiger partial charge in [-0.1, -0.05) is 18.2 Å². The van der Waals surface area contributed by atoms with Crippen LogP contribution in [0.2, 0.25) is 0 Å². The summed E-state index contributed by atoms with van der Waals surface area (Å²) in [5, 5.41) is 4.05. The van der Waals surface area contributed by atoms with E-state index in [1.807, 2.05) is 12.3 Å². The zero-order valence-corrected chi connectivity index (χ0v) is 14.9. The number of hydrogen-bond donors (Lipinski definition) is 2. The lowest BCUT2D eigenvalue weighted by atomic mass is 10.00. The summed E-state index contributed by atoms with van der Waals surface area (Å²) >= 11 is 0. The molecule has 27 heavy (non-hydrogen) atoms. The zero-order chi connectivity index (χ0) is 18.6. The maximum atomic E-state index is 12.9. The van der Waals surface area contributed by atoms with Crippen LogP contribution in [0.25, 0.3) is 16.6 Å². The van der Waals surface area contributed by atoms with Gasteiger partial charge in [-0.3, -0.25) is 0 Å². The van der Waals surface area contributed by atoms with Crippen LogP contribution in [0.1, 0.15) is 17.5 Å². The van der Waals surface area contributed by atoms with Gasteiger partial charge in [-0.05, 0) is 48.2 Å². The Morgan fingerprint density at radius 2 is 2.11 bits per heavy atom. The van der Waals surface area contributed by atoms with Crippen LogP contribution < -0.4 is 5.32 Å². The molecule has 0 fully saturated rings. The average Bonchev–Trinajstić information content (AvgIpc) is 3.14. The van der Waals surface area contributed by atoms with Gasteiger partial charge in [0.05, 0.1) is 0 Å². The molecule has 5 nitrogen and oxygen atoms in total. The minimum Gasteiger partial charge on any atom is -0.346 e. The van der Waals surface area contributed by atoms with E-state index in [4.69, 9.17) is 0 Å². The van der Waals surface area contributed by atoms with E-state index in [1.165, 1.54) is 17.7 Å². The molecule has 0 atom stereocenters. The maximum absolute atomic E-state index is 12.9. The maximum Gasteiger partial charge on any atom is 0.317 e. The van der Waals surface area contributed by atoms with Crippen molar-refractivity contribution in [3.63, 3.8) is 0 Å². The molecule has 1 aromatic carbocycles. The number of pyridine rings is 1. The van der Waals surface area contributed by atoms with Crippen molar-refractivity contribution >= 4 is 22.6 Å². The molecule has 0 bridgehead atoms. The van der Waals surface area contributed by atoms with Crippen LogP contribution in [0.3, 0.4) is 0 Å². The third kappa shape index (κ3) is 3.84. The molecule has 0 radical (unpaired) electrons. The van der Waals surface area contributed by atoms with E-state index in [1.54, 1.807) is 23.2 Å². The number of nitrogens with zero attached hydrogens (tertiary/aromatic N) is 2. The number of aromatic amines is 1. The lowest BCUT2D eigenvalue weighted by Crippen LogP contribution is -2.42. The van der Waals surface area contributed by atoms with Gasteiger partial charge in [0.2, 0.25) is 0 Å². The highest BCUT2D eigenvalue weighted by atomic mass is 19.1. The van der Waals surface area contributed by atoms with Crippen LogP contribution >= 0.6 is 0 Å². The molecule has 2 N–H and O–H groups in total. The summed E-state index contributed by atoms with van der Waals surface area (Å²) in [5.41, 5.74) is 4.29. The van der Waals surface area contributed by atoms with Crippen LogP contribution in [0.4, 0.5) is 9.18 Å². The second-order valence-corrected chi connectivity index (χ2v) is 6.64. The molecule has 3 heterocycles. The van der Waals surface area contributed by atoms with E-state index in [0.717, 1.165) is 28.6 Å². The van der Waals surface area contributed by atoms with E-state index in [-0.39, 0.29) is 11.8 Å². The van der Waals surface area contributed by atoms with Gasteiger partial charge in [-0.25, -0.2) is 14.2 Å². The van der Waals surface area contributed by atoms with Crippen molar-refractivity contribution in [2.45, 2.75) is 12.8 Å². The Hall–Kier alpha value is -3.15. The molecule has 0 saturated heterocycles. The first-order valence-corrected chi connectivity index (χ1v) is 9.09. The molecule has 1 aliphatic heterocycles. The molecule has 0 aliphatic carbocycles. The van der Waals surface area contributed by atoms with Gasteiger partial charge in [-0.15, -0.1) is 0 Å². The lowest BCUT2D eigenvalue weighted by Gasteiger charge is -2.26. The van der Waals surface area contributed by atoms with Crippen molar-refractivity contribution < 1.29 is 9.18 Å². The molecular formula is C21H21FN4O. The van der Waals surface area contributed by atoms with Crippen LogP contribution in [0.5, 0.6) is 0 Å². The smallest absolute Gasteiger partial charge is 0.317 e. The van der Waals surface area contributed by atoms with Crippen molar-refractivity contribution in [1.29, 1.82) is 0 Å². The zero-order valence-electron chi connectivity index (χ0n) is 14.9. The molecule has 0 saturated carbocycles. The Balaban J connectivity index is 1.32. The Morgan fingerprint density at radius 1 is 1.26 bits per heavy atom. The summed E-state index contributed by atoms with van der Waals surface area (Å²) in [5.74, 6) is -0.246. The number of carbonyl (C=O) groups is 1. The van der Waals surface area contributed by atoms with Gasteiger partial charge in [0, 0.05) is 43.0 Å². The summed E-state index contributed by atoms with van der Waals surface area (Å²) in [4.78, 5) is 21.7. The number of carbonyl (C=O) groups excluding carboxylic acids is 1. The molecule has 3 aromatic rings. The van der Waals surface area contributed by atoms with Gasteiger partial charge in [0.15, 0.2) is 0 Å². The normalized spacial score (nSPS) is 14.3. The number of rotatable bonds is 4. The van der Waals surface area contributed by atoms with Crippen LogP contribution in [-0.4, -0.2) is 40.5 Å². The number of halogens is 1. The fraction of sp³-hybridized carbons (Fsp3) is 0.238.